The van der Waals surface area contributed by atoms with Crippen LogP contribution >= 0.6 is 23.2 Å². The van der Waals surface area contributed by atoms with Crippen LogP contribution in [-0.2, 0) is 9.53 Å². The fraction of sp³-hybridized carbons (Fsp3) is 0.500. The molecule has 0 spiro atoms. The van der Waals surface area contributed by atoms with Crippen LogP contribution < -0.4 is 5.32 Å². The number of rotatable bonds is 7. The summed E-state index contributed by atoms with van der Waals surface area (Å²) in [5, 5.41) is 4.27. The number of halogens is 2. The van der Waals surface area contributed by atoms with E-state index in [0.717, 1.165) is 18.4 Å². The smallest absolute Gasteiger partial charge is 0.319 e. The first-order valence-corrected chi connectivity index (χ1v) is 7.14. The average Bonchev–Trinajstić information content (AvgIpc) is 2.36. The highest BCUT2D eigenvalue weighted by Crippen LogP contribution is 2.25. The number of hydrogen-bond acceptors (Lipinski definition) is 3. The fourth-order valence-electron chi connectivity index (χ4n) is 1.58. The third kappa shape index (κ3) is 5.81. The lowest BCUT2D eigenvalue weighted by Crippen LogP contribution is -2.27. The van der Waals surface area contributed by atoms with Crippen LogP contribution in [0.5, 0.6) is 0 Å². The number of benzene rings is 1. The SMILES string of the molecule is CCCCOC(=O)CNC(C)c1ccc(Cl)cc1Cl. The lowest BCUT2D eigenvalue weighted by Gasteiger charge is -2.15. The lowest BCUT2D eigenvalue weighted by atomic mass is 10.1. The van der Waals surface area contributed by atoms with Crippen LogP contribution in [0, 0.1) is 0 Å². The maximum absolute atomic E-state index is 11.5. The van der Waals surface area contributed by atoms with Crippen molar-refractivity contribution < 1.29 is 9.53 Å². The summed E-state index contributed by atoms with van der Waals surface area (Å²) in [7, 11) is 0. The van der Waals surface area contributed by atoms with E-state index in [1.807, 2.05) is 13.0 Å². The molecule has 1 rings (SSSR count). The van der Waals surface area contributed by atoms with Gasteiger partial charge in [0.2, 0.25) is 0 Å². The van der Waals surface area contributed by atoms with Crippen LogP contribution in [-0.4, -0.2) is 19.1 Å². The summed E-state index contributed by atoms with van der Waals surface area (Å²) in [6.45, 7) is 4.64. The largest absolute Gasteiger partial charge is 0.465 e. The molecule has 0 bridgehead atoms. The zero-order valence-corrected chi connectivity index (χ0v) is 12.7. The Bertz CT molecular complexity index is 424. The molecule has 0 heterocycles. The second-order valence-electron chi connectivity index (χ2n) is 4.34. The minimum Gasteiger partial charge on any atom is -0.465 e. The molecule has 0 aliphatic heterocycles. The minimum atomic E-state index is -0.245. The molecule has 1 aromatic rings. The van der Waals surface area contributed by atoms with Crippen molar-refractivity contribution in [3.63, 3.8) is 0 Å². The average molecular weight is 304 g/mol. The van der Waals surface area contributed by atoms with Gasteiger partial charge in [0, 0.05) is 16.1 Å². The summed E-state index contributed by atoms with van der Waals surface area (Å²) < 4.78 is 5.06. The van der Waals surface area contributed by atoms with E-state index in [1.54, 1.807) is 12.1 Å². The molecule has 1 aromatic carbocycles. The molecule has 19 heavy (non-hydrogen) atoms. The molecule has 5 heteroatoms. The van der Waals surface area contributed by atoms with E-state index >= 15 is 0 Å². The van der Waals surface area contributed by atoms with Crippen molar-refractivity contribution in [1.82, 2.24) is 5.32 Å². The number of nitrogens with one attached hydrogen (secondary N) is 1. The molecular formula is C14H19Cl2NO2. The Hall–Kier alpha value is -0.770. The summed E-state index contributed by atoms with van der Waals surface area (Å²) in [4.78, 5) is 11.5. The maximum Gasteiger partial charge on any atom is 0.319 e. The van der Waals surface area contributed by atoms with Gasteiger partial charge in [0.05, 0.1) is 13.2 Å². The summed E-state index contributed by atoms with van der Waals surface area (Å²) in [6, 6.07) is 5.28. The van der Waals surface area contributed by atoms with Crippen LogP contribution in [0.4, 0.5) is 0 Å². The predicted octanol–water partition coefficient (Wildman–Crippen LogP) is 3.99. The Morgan fingerprint density at radius 3 is 2.79 bits per heavy atom. The molecule has 3 nitrogen and oxygen atoms in total. The second-order valence-corrected chi connectivity index (χ2v) is 5.19. The Morgan fingerprint density at radius 2 is 2.16 bits per heavy atom. The van der Waals surface area contributed by atoms with Crippen LogP contribution in [0.2, 0.25) is 10.0 Å². The van der Waals surface area contributed by atoms with Gasteiger partial charge in [-0.1, -0.05) is 42.6 Å². The first-order chi connectivity index (χ1) is 9.04. The Kier molecular flexibility index (Phi) is 7.21. The van der Waals surface area contributed by atoms with Gasteiger partial charge in [0.1, 0.15) is 0 Å². The van der Waals surface area contributed by atoms with Crippen LogP contribution in [0.25, 0.3) is 0 Å². The van der Waals surface area contributed by atoms with E-state index in [0.29, 0.717) is 16.7 Å². The van der Waals surface area contributed by atoms with Crippen molar-refractivity contribution in [3.05, 3.63) is 33.8 Å². The summed E-state index contributed by atoms with van der Waals surface area (Å²) in [5.41, 5.74) is 0.910. The molecule has 106 valence electrons. The Labute approximate surface area is 124 Å². The van der Waals surface area contributed by atoms with Gasteiger partial charge in [0.25, 0.3) is 0 Å². The quantitative estimate of drug-likeness (QED) is 0.611. The van der Waals surface area contributed by atoms with Crippen molar-refractivity contribution in [3.8, 4) is 0 Å². The van der Waals surface area contributed by atoms with E-state index in [4.69, 9.17) is 27.9 Å². The first kappa shape index (κ1) is 16.3. The summed E-state index contributed by atoms with van der Waals surface area (Å²) >= 11 is 11.9. The fourth-order valence-corrected chi connectivity index (χ4v) is 2.15. The zero-order valence-electron chi connectivity index (χ0n) is 11.2. The number of ether oxygens (including phenoxy) is 1. The number of hydrogen-bond donors (Lipinski definition) is 1. The Morgan fingerprint density at radius 1 is 1.42 bits per heavy atom. The third-order valence-electron chi connectivity index (χ3n) is 2.74. The van der Waals surface area contributed by atoms with Crippen molar-refractivity contribution >= 4 is 29.2 Å². The van der Waals surface area contributed by atoms with E-state index in [9.17, 15) is 4.79 Å². The molecule has 1 unspecified atom stereocenters. The van der Waals surface area contributed by atoms with Gasteiger partial charge >= 0.3 is 5.97 Å². The third-order valence-corrected chi connectivity index (χ3v) is 3.30. The van der Waals surface area contributed by atoms with Crippen LogP contribution in [0.3, 0.4) is 0 Å². The molecule has 0 amide bonds. The highest BCUT2D eigenvalue weighted by atomic mass is 35.5. The van der Waals surface area contributed by atoms with E-state index in [-0.39, 0.29) is 18.6 Å². The van der Waals surface area contributed by atoms with E-state index in [1.165, 1.54) is 0 Å². The highest BCUT2D eigenvalue weighted by Gasteiger charge is 2.11. The van der Waals surface area contributed by atoms with E-state index < -0.39 is 0 Å². The van der Waals surface area contributed by atoms with Gasteiger partial charge in [-0.2, -0.15) is 0 Å². The molecule has 1 N–H and O–H groups in total. The minimum absolute atomic E-state index is 0.0384. The maximum atomic E-state index is 11.5. The van der Waals surface area contributed by atoms with Crippen LogP contribution in [0.1, 0.15) is 38.3 Å². The summed E-state index contributed by atoms with van der Waals surface area (Å²) in [5.74, 6) is -0.245. The molecule has 0 radical (unpaired) electrons. The number of unbranched alkanes of at least 4 members (excludes halogenated alkanes) is 1. The molecule has 1 atom stereocenters. The predicted molar refractivity (Wildman–Crippen MR) is 78.7 cm³/mol. The first-order valence-electron chi connectivity index (χ1n) is 6.38. The Balaban J connectivity index is 2.42. The number of carbonyl (C=O) groups excluding carboxylic acids is 1. The molecule has 0 fully saturated rings. The molecule has 0 saturated carbocycles. The topological polar surface area (TPSA) is 38.3 Å². The van der Waals surface area contributed by atoms with Crippen molar-refractivity contribution in [1.29, 1.82) is 0 Å². The highest BCUT2D eigenvalue weighted by molar-refractivity contribution is 6.35. The number of esters is 1. The van der Waals surface area contributed by atoms with Crippen molar-refractivity contribution in [2.24, 2.45) is 0 Å². The number of carbonyl (C=O) groups is 1. The lowest BCUT2D eigenvalue weighted by molar-refractivity contribution is -0.142. The van der Waals surface area contributed by atoms with Gasteiger partial charge in [-0.3, -0.25) is 4.79 Å². The van der Waals surface area contributed by atoms with Gasteiger partial charge in [-0.05, 0) is 31.0 Å². The molecule has 0 aliphatic carbocycles. The van der Waals surface area contributed by atoms with Gasteiger partial charge in [-0.25, -0.2) is 0 Å². The van der Waals surface area contributed by atoms with Crippen molar-refractivity contribution in [2.75, 3.05) is 13.2 Å². The molecule has 0 saturated heterocycles. The zero-order chi connectivity index (χ0) is 14.3. The molecule has 0 aliphatic rings. The van der Waals surface area contributed by atoms with Gasteiger partial charge < -0.3 is 10.1 Å². The standard InChI is InChI=1S/C14H19Cl2NO2/c1-3-4-7-19-14(18)9-17-10(2)12-6-5-11(15)8-13(12)16/h5-6,8,10,17H,3-4,7,9H2,1-2H3. The summed E-state index contributed by atoms with van der Waals surface area (Å²) in [6.07, 6.45) is 1.90. The van der Waals surface area contributed by atoms with Crippen molar-refractivity contribution in [2.45, 2.75) is 32.7 Å². The normalized spacial score (nSPS) is 12.2. The van der Waals surface area contributed by atoms with Gasteiger partial charge in [-0.15, -0.1) is 0 Å². The molecular weight excluding hydrogens is 285 g/mol. The van der Waals surface area contributed by atoms with Crippen LogP contribution in [0.15, 0.2) is 18.2 Å². The monoisotopic (exact) mass is 303 g/mol. The molecule has 0 aromatic heterocycles. The van der Waals surface area contributed by atoms with Gasteiger partial charge in [0.15, 0.2) is 0 Å². The van der Waals surface area contributed by atoms with E-state index in [2.05, 4.69) is 12.2 Å². The second kappa shape index (κ2) is 8.41.